The summed E-state index contributed by atoms with van der Waals surface area (Å²) in [7, 11) is 1.95. The second-order valence-corrected chi connectivity index (χ2v) is 4.62. The van der Waals surface area contributed by atoms with Crippen molar-refractivity contribution in [2.45, 2.75) is 13.0 Å². The molecule has 0 saturated heterocycles. The number of hydrogen-bond donors (Lipinski definition) is 2. The SMILES string of the molecule is Cc1ccc(Br)cc1N(C)CC(O)CN. The molecule has 0 aliphatic carbocycles. The van der Waals surface area contributed by atoms with Crippen LogP contribution in [0, 0.1) is 6.92 Å². The quantitative estimate of drug-likeness (QED) is 0.874. The fourth-order valence-corrected chi connectivity index (χ4v) is 1.83. The lowest BCUT2D eigenvalue weighted by Crippen LogP contribution is -2.34. The lowest BCUT2D eigenvalue weighted by Gasteiger charge is -2.24. The minimum absolute atomic E-state index is 0.289. The van der Waals surface area contributed by atoms with Crippen LogP contribution in [0.2, 0.25) is 0 Å². The van der Waals surface area contributed by atoms with Crippen molar-refractivity contribution in [2.75, 3.05) is 25.0 Å². The van der Waals surface area contributed by atoms with Crippen molar-refractivity contribution >= 4 is 21.6 Å². The molecular weight excluding hydrogens is 256 g/mol. The van der Waals surface area contributed by atoms with Gasteiger partial charge in [0.25, 0.3) is 0 Å². The number of benzene rings is 1. The summed E-state index contributed by atoms with van der Waals surface area (Å²) in [5.74, 6) is 0. The van der Waals surface area contributed by atoms with Gasteiger partial charge in [-0.15, -0.1) is 0 Å². The van der Waals surface area contributed by atoms with Crippen LogP contribution < -0.4 is 10.6 Å². The summed E-state index contributed by atoms with van der Waals surface area (Å²) in [5.41, 5.74) is 7.67. The first kappa shape index (κ1) is 12.5. The lowest BCUT2D eigenvalue weighted by molar-refractivity contribution is 0.189. The van der Waals surface area contributed by atoms with Crippen molar-refractivity contribution < 1.29 is 5.11 Å². The van der Waals surface area contributed by atoms with Gasteiger partial charge in [0.15, 0.2) is 0 Å². The number of aliphatic hydroxyl groups excluding tert-OH is 1. The largest absolute Gasteiger partial charge is 0.390 e. The van der Waals surface area contributed by atoms with E-state index in [-0.39, 0.29) is 6.54 Å². The number of nitrogens with zero attached hydrogens (tertiary/aromatic N) is 1. The van der Waals surface area contributed by atoms with Gasteiger partial charge in [0.05, 0.1) is 6.10 Å². The van der Waals surface area contributed by atoms with Crippen molar-refractivity contribution in [1.29, 1.82) is 0 Å². The first-order valence-corrected chi connectivity index (χ1v) is 5.69. The smallest absolute Gasteiger partial charge is 0.0836 e. The predicted octanol–water partition coefficient (Wildman–Crippen LogP) is 1.51. The number of halogens is 1. The number of aliphatic hydroxyl groups is 1. The molecule has 0 aliphatic rings. The number of hydrogen-bond acceptors (Lipinski definition) is 3. The Morgan fingerprint density at radius 3 is 2.80 bits per heavy atom. The van der Waals surface area contributed by atoms with Crippen LogP contribution in [0.15, 0.2) is 22.7 Å². The molecule has 0 saturated carbocycles. The summed E-state index contributed by atoms with van der Waals surface area (Å²) in [4.78, 5) is 2.01. The van der Waals surface area contributed by atoms with Crippen molar-refractivity contribution in [1.82, 2.24) is 0 Å². The van der Waals surface area contributed by atoms with E-state index >= 15 is 0 Å². The highest BCUT2D eigenvalue weighted by molar-refractivity contribution is 9.10. The van der Waals surface area contributed by atoms with Gasteiger partial charge in [-0.2, -0.15) is 0 Å². The van der Waals surface area contributed by atoms with Gasteiger partial charge in [-0.3, -0.25) is 0 Å². The molecule has 0 bridgehead atoms. The van der Waals surface area contributed by atoms with Crippen LogP contribution in [-0.2, 0) is 0 Å². The fourth-order valence-electron chi connectivity index (χ4n) is 1.48. The van der Waals surface area contributed by atoms with Crippen LogP contribution in [0.25, 0.3) is 0 Å². The van der Waals surface area contributed by atoms with Crippen molar-refractivity contribution in [3.8, 4) is 0 Å². The van der Waals surface area contributed by atoms with E-state index in [1.807, 2.05) is 37.1 Å². The molecule has 1 rings (SSSR count). The molecule has 3 nitrogen and oxygen atoms in total. The van der Waals surface area contributed by atoms with Crippen molar-refractivity contribution in [3.05, 3.63) is 28.2 Å². The third-order valence-corrected chi connectivity index (χ3v) is 2.83. The monoisotopic (exact) mass is 272 g/mol. The van der Waals surface area contributed by atoms with Gasteiger partial charge in [-0.05, 0) is 24.6 Å². The van der Waals surface area contributed by atoms with E-state index in [0.29, 0.717) is 6.54 Å². The van der Waals surface area contributed by atoms with E-state index in [1.165, 1.54) is 5.56 Å². The van der Waals surface area contributed by atoms with Gasteiger partial charge >= 0.3 is 0 Å². The highest BCUT2D eigenvalue weighted by Crippen LogP contribution is 2.23. The number of likely N-dealkylation sites (N-methyl/N-ethyl adjacent to an activating group) is 1. The summed E-state index contributed by atoms with van der Waals surface area (Å²) in [6.07, 6.45) is -0.478. The molecule has 0 aliphatic heterocycles. The van der Waals surface area contributed by atoms with E-state index in [4.69, 9.17) is 5.73 Å². The zero-order valence-corrected chi connectivity index (χ0v) is 10.7. The molecule has 1 aromatic rings. The maximum atomic E-state index is 9.47. The van der Waals surface area contributed by atoms with Gasteiger partial charge in [0.2, 0.25) is 0 Å². The average Bonchev–Trinajstić information content (AvgIpc) is 2.21. The molecule has 4 heteroatoms. The standard InChI is InChI=1S/C11H17BrN2O/c1-8-3-4-9(12)5-11(8)14(2)7-10(15)6-13/h3-5,10,15H,6-7,13H2,1-2H3. The van der Waals surface area contributed by atoms with Crippen LogP contribution in [0.4, 0.5) is 5.69 Å². The first-order chi connectivity index (χ1) is 7.04. The number of aryl methyl sites for hydroxylation is 1. The Bertz CT molecular complexity index is 330. The number of rotatable bonds is 4. The Morgan fingerprint density at radius 2 is 2.20 bits per heavy atom. The lowest BCUT2D eigenvalue weighted by atomic mass is 10.2. The highest BCUT2D eigenvalue weighted by atomic mass is 79.9. The molecule has 0 spiro atoms. The van der Waals surface area contributed by atoms with E-state index in [0.717, 1.165) is 10.2 Å². The summed E-state index contributed by atoms with van der Waals surface area (Å²) in [6, 6.07) is 6.09. The summed E-state index contributed by atoms with van der Waals surface area (Å²) in [5, 5.41) is 9.47. The van der Waals surface area contributed by atoms with Crippen LogP contribution in [0.1, 0.15) is 5.56 Å². The van der Waals surface area contributed by atoms with Crippen molar-refractivity contribution in [3.63, 3.8) is 0 Å². The minimum atomic E-state index is -0.478. The molecule has 15 heavy (non-hydrogen) atoms. The molecule has 0 amide bonds. The van der Waals surface area contributed by atoms with Gasteiger partial charge in [-0.25, -0.2) is 0 Å². The van der Waals surface area contributed by atoms with Gasteiger partial charge < -0.3 is 15.7 Å². The Morgan fingerprint density at radius 1 is 1.53 bits per heavy atom. The fraction of sp³-hybridized carbons (Fsp3) is 0.455. The Labute approximate surface area is 99.0 Å². The molecular formula is C11H17BrN2O. The minimum Gasteiger partial charge on any atom is -0.390 e. The normalized spacial score (nSPS) is 12.6. The van der Waals surface area contributed by atoms with E-state index in [1.54, 1.807) is 0 Å². The second-order valence-electron chi connectivity index (χ2n) is 3.70. The molecule has 84 valence electrons. The summed E-state index contributed by atoms with van der Waals surface area (Å²) >= 11 is 3.43. The zero-order chi connectivity index (χ0) is 11.4. The first-order valence-electron chi connectivity index (χ1n) is 4.90. The van der Waals surface area contributed by atoms with Crippen LogP contribution in [-0.4, -0.2) is 31.3 Å². The maximum Gasteiger partial charge on any atom is 0.0836 e. The number of anilines is 1. The Balaban J connectivity index is 2.80. The molecule has 0 heterocycles. The van der Waals surface area contributed by atoms with Gasteiger partial charge in [0, 0.05) is 30.3 Å². The third kappa shape index (κ3) is 3.48. The number of nitrogens with two attached hydrogens (primary N) is 1. The third-order valence-electron chi connectivity index (χ3n) is 2.34. The molecule has 1 aromatic carbocycles. The molecule has 0 aromatic heterocycles. The Kier molecular flexibility index (Phi) is 4.57. The van der Waals surface area contributed by atoms with E-state index in [2.05, 4.69) is 15.9 Å². The van der Waals surface area contributed by atoms with Crippen molar-refractivity contribution in [2.24, 2.45) is 5.73 Å². The predicted molar refractivity (Wildman–Crippen MR) is 67.2 cm³/mol. The second kappa shape index (κ2) is 5.49. The topological polar surface area (TPSA) is 49.5 Å². The van der Waals surface area contributed by atoms with Gasteiger partial charge in [0.1, 0.15) is 0 Å². The molecule has 3 N–H and O–H groups in total. The molecule has 1 unspecified atom stereocenters. The molecule has 0 fully saturated rings. The van der Waals surface area contributed by atoms with Gasteiger partial charge in [-0.1, -0.05) is 22.0 Å². The summed E-state index contributed by atoms with van der Waals surface area (Å²) < 4.78 is 1.04. The molecule has 0 radical (unpaired) electrons. The Hall–Kier alpha value is -0.580. The van der Waals surface area contributed by atoms with Crippen LogP contribution in [0.5, 0.6) is 0 Å². The van der Waals surface area contributed by atoms with E-state index < -0.39 is 6.10 Å². The molecule has 1 atom stereocenters. The maximum absolute atomic E-state index is 9.47. The summed E-state index contributed by atoms with van der Waals surface area (Å²) in [6.45, 7) is 2.89. The highest BCUT2D eigenvalue weighted by Gasteiger charge is 2.09. The van der Waals surface area contributed by atoms with Crippen LogP contribution >= 0.6 is 15.9 Å². The van der Waals surface area contributed by atoms with E-state index in [9.17, 15) is 5.11 Å². The van der Waals surface area contributed by atoms with Crippen LogP contribution in [0.3, 0.4) is 0 Å². The zero-order valence-electron chi connectivity index (χ0n) is 9.07. The average molecular weight is 273 g/mol.